The molecule has 1 aliphatic rings. The highest BCUT2D eigenvalue weighted by atomic mass is 79.9. The van der Waals surface area contributed by atoms with E-state index in [4.69, 9.17) is 9.47 Å². The minimum absolute atomic E-state index is 0.0705. The van der Waals surface area contributed by atoms with Crippen LogP contribution >= 0.6 is 27.3 Å². The lowest BCUT2D eigenvalue weighted by Crippen LogP contribution is -2.39. The summed E-state index contributed by atoms with van der Waals surface area (Å²) in [5.41, 5.74) is 1.13. The van der Waals surface area contributed by atoms with Crippen LogP contribution in [0, 0.1) is 5.92 Å². The van der Waals surface area contributed by atoms with Crippen molar-refractivity contribution >= 4 is 33.2 Å². The normalized spacial score (nSPS) is 16.9. The second kappa shape index (κ2) is 9.08. The Labute approximate surface area is 172 Å². The first-order valence-electron chi connectivity index (χ1n) is 9.06. The first-order valence-corrected chi connectivity index (χ1v) is 10.7. The monoisotopic (exact) mass is 453 g/mol. The summed E-state index contributed by atoms with van der Waals surface area (Å²) in [6.45, 7) is 4.04. The van der Waals surface area contributed by atoms with Crippen LogP contribution in [0.5, 0.6) is 11.5 Å². The predicted molar refractivity (Wildman–Crippen MR) is 110 cm³/mol. The van der Waals surface area contributed by atoms with Crippen molar-refractivity contribution in [3.63, 3.8) is 0 Å². The molecule has 1 aliphatic heterocycles. The van der Waals surface area contributed by atoms with E-state index in [2.05, 4.69) is 39.0 Å². The van der Waals surface area contributed by atoms with E-state index >= 15 is 0 Å². The molecule has 7 heteroatoms. The summed E-state index contributed by atoms with van der Waals surface area (Å²) < 4.78 is 12.3. The molecule has 0 saturated carbocycles. The van der Waals surface area contributed by atoms with Gasteiger partial charge in [0.1, 0.15) is 0 Å². The van der Waals surface area contributed by atoms with Crippen LogP contribution in [0.15, 0.2) is 34.1 Å². The number of aliphatic carboxylic acids is 1. The minimum Gasteiger partial charge on any atom is -0.493 e. The third-order valence-electron chi connectivity index (χ3n) is 4.91. The minimum atomic E-state index is -0.687. The van der Waals surface area contributed by atoms with E-state index in [1.165, 1.54) is 4.88 Å². The number of methoxy groups -OCH3 is 1. The molecule has 0 bridgehead atoms. The van der Waals surface area contributed by atoms with Gasteiger partial charge in [-0.05, 0) is 78.6 Å². The highest BCUT2D eigenvalue weighted by Crippen LogP contribution is 2.40. The molecular formula is C20H24BrNO4S. The molecule has 0 amide bonds. The summed E-state index contributed by atoms with van der Waals surface area (Å²) in [6.07, 6.45) is 1.35. The summed E-state index contributed by atoms with van der Waals surface area (Å²) >= 11 is 5.27. The fourth-order valence-corrected chi connectivity index (χ4v) is 5.15. The lowest BCUT2D eigenvalue weighted by atomic mass is 9.93. The number of thiophene rings is 1. The number of carboxylic acids is 1. The number of hydrogen-bond acceptors (Lipinski definition) is 5. The summed E-state index contributed by atoms with van der Waals surface area (Å²) in [6, 6.07) is 10.3. The second-order valence-electron chi connectivity index (χ2n) is 6.54. The van der Waals surface area contributed by atoms with Crippen LogP contribution in [0.4, 0.5) is 0 Å². The lowest BCUT2D eigenvalue weighted by molar-refractivity contribution is -0.143. The number of carbonyl (C=O) groups is 1. The molecule has 1 fully saturated rings. The smallest absolute Gasteiger partial charge is 0.306 e. The van der Waals surface area contributed by atoms with Gasteiger partial charge >= 0.3 is 5.97 Å². The number of hydrogen-bond donors (Lipinski definition) is 1. The highest BCUT2D eigenvalue weighted by Gasteiger charge is 2.31. The number of benzene rings is 1. The van der Waals surface area contributed by atoms with Crippen molar-refractivity contribution in [2.24, 2.45) is 5.92 Å². The van der Waals surface area contributed by atoms with E-state index in [-0.39, 0.29) is 12.0 Å². The van der Waals surface area contributed by atoms with Crippen molar-refractivity contribution in [1.82, 2.24) is 4.90 Å². The van der Waals surface area contributed by atoms with Gasteiger partial charge in [-0.1, -0.05) is 6.07 Å². The summed E-state index contributed by atoms with van der Waals surface area (Å²) in [5, 5.41) is 9.30. The molecule has 5 nitrogen and oxygen atoms in total. The molecule has 0 aliphatic carbocycles. The number of carboxylic acid groups (broad SMARTS) is 1. The fraction of sp³-hybridized carbons (Fsp3) is 0.450. The fourth-order valence-electron chi connectivity index (χ4n) is 3.57. The maximum Gasteiger partial charge on any atom is 0.306 e. The first kappa shape index (κ1) is 20.2. The standard InChI is InChI=1S/C20H24BrNO4S/c1-3-26-16-12-14(4-5-15(16)25-2)19(17-6-7-18(21)27-17)22-10-8-13(9-11-22)20(23)24/h4-7,12-13,19H,3,8-11H2,1-2H3,(H,23,24). The molecule has 1 atom stereocenters. The van der Waals surface area contributed by atoms with Gasteiger partial charge < -0.3 is 14.6 Å². The van der Waals surface area contributed by atoms with Gasteiger partial charge in [-0.2, -0.15) is 0 Å². The van der Waals surface area contributed by atoms with Crippen LogP contribution in [0.2, 0.25) is 0 Å². The van der Waals surface area contributed by atoms with E-state index in [9.17, 15) is 9.90 Å². The number of likely N-dealkylation sites (tertiary alicyclic amines) is 1. The zero-order valence-electron chi connectivity index (χ0n) is 15.5. The number of ether oxygens (including phenoxy) is 2. The zero-order valence-corrected chi connectivity index (χ0v) is 17.9. The number of piperidine rings is 1. The molecular weight excluding hydrogens is 430 g/mol. The Kier molecular flexibility index (Phi) is 6.78. The maximum atomic E-state index is 11.3. The molecule has 3 rings (SSSR count). The number of nitrogens with zero attached hydrogens (tertiary/aromatic N) is 1. The average Bonchev–Trinajstić information content (AvgIpc) is 3.09. The van der Waals surface area contributed by atoms with Crippen molar-refractivity contribution in [3.05, 3.63) is 44.6 Å². The van der Waals surface area contributed by atoms with Crippen molar-refractivity contribution < 1.29 is 19.4 Å². The van der Waals surface area contributed by atoms with Crippen molar-refractivity contribution in [2.45, 2.75) is 25.8 Å². The molecule has 1 aromatic heterocycles. The van der Waals surface area contributed by atoms with Gasteiger partial charge in [-0.3, -0.25) is 9.69 Å². The van der Waals surface area contributed by atoms with Crippen LogP contribution in [0.25, 0.3) is 0 Å². The molecule has 2 aromatic rings. The van der Waals surface area contributed by atoms with Gasteiger partial charge in [-0.25, -0.2) is 0 Å². The maximum absolute atomic E-state index is 11.3. The van der Waals surface area contributed by atoms with Crippen LogP contribution in [-0.2, 0) is 4.79 Å². The zero-order chi connectivity index (χ0) is 19.4. The van der Waals surface area contributed by atoms with Gasteiger partial charge in [0.05, 0.1) is 29.5 Å². The van der Waals surface area contributed by atoms with Crippen molar-refractivity contribution in [3.8, 4) is 11.5 Å². The molecule has 1 aromatic carbocycles. The van der Waals surface area contributed by atoms with Gasteiger partial charge in [0.2, 0.25) is 0 Å². The van der Waals surface area contributed by atoms with Crippen molar-refractivity contribution in [2.75, 3.05) is 26.8 Å². The van der Waals surface area contributed by atoms with Crippen LogP contribution < -0.4 is 9.47 Å². The summed E-state index contributed by atoms with van der Waals surface area (Å²) in [4.78, 5) is 14.9. The first-order chi connectivity index (χ1) is 13.0. The van der Waals surface area contributed by atoms with Crippen LogP contribution in [-0.4, -0.2) is 42.8 Å². The third kappa shape index (κ3) is 4.65. The van der Waals surface area contributed by atoms with Crippen molar-refractivity contribution in [1.29, 1.82) is 0 Å². The number of rotatable bonds is 7. The largest absolute Gasteiger partial charge is 0.493 e. The van der Waals surface area contributed by atoms with E-state index < -0.39 is 5.97 Å². The average molecular weight is 454 g/mol. The van der Waals surface area contributed by atoms with E-state index in [1.54, 1.807) is 18.4 Å². The van der Waals surface area contributed by atoms with Gasteiger partial charge in [0.25, 0.3) is 0 Å². The number of halogens is 1. The van der Waals surface area contributed by atoms with Crippen LogP contribution in [0.3, 0.4) is 0 Å². The van der Waals surface area contributed by atoms with Gasteiger partial charge in [0, 0.05) is 4.88 Å². The highest BCUT2D eigenvalue weighted by molar-refractivity contribution is 9.11. The Morgan fingerprint density at radius 2 is 2.04 bits per heavy atom. The van der Waals surface area contributed by atoms with E-state index in [0.717, 1.165) is 33.9 Å². The molecule has 1 saturated heterocycles. The van der Waals surface area contributed by atoms with Gasteiger partial charge in [0.15, 0.2) is 11.5 Å². The molecule has 1 N–H and O–H groups in total. The molecule has 0 spiro atoms. The topological polar surface area (TPSA) is 59.0 Å². The second-order valence-corrected chi connectivity index (χ2v) is 9.03. The quantitative estimate of drug-likeness (QED) is 0.651. The molecule has 2 heterocycles. The Hall–Kier alpha value is -1.57. The van der Waals surface area contributed by atoms with E-state index in [1.807, 2.05) is 19.1 Å². The summed E-state index contributed by atoms with van der Waals surface area (Å²) in [7, 11) is 1.64. The Balaban J connectivity index is 1.94. The lowest BCUT2D eigenvalue weighted by Gasteiger charge is -2.36. The predicted octanol–water partition coefficient (Wildman–Crippen LogP) is 4.80. The molecule has 27 heavy (non-hydrogen) atoms. The third-order valence-corrected chi connectivity index (χ3v) is 6.59. The Bertz CT molecular complexity index is 786. The Morgan fingerprint density at radius 3 is 2.59 bits per heavy atom. The van der Waals surface area contributed by atoms with Gasteiger partial charge in [-0.15, -0.1) is 11.3 Å². The molecule has 0 radical (unpaired) electrons. The summed E-state index contributed by atoms with van der Waals surface area (Å²) in [5.74, 6) is 0.523. The molecule has 146 valence electrons. The SMILES string of the molecule is CCOc1cc(C(c2ccc(Br)s2)N2CCC(C(=O)O)CC2)ccc1OC. The Morgan fingerprint density at radius 1 is 1.30 bits per heavy atom. The van der Waals surface area contributed by atoms with Crippen LogP contribution in [0.1, 0.15) is 36.2 Å². The van der Waals surface area contributed by atoms with E-state index in [0.29, 0.717) is 19.4 Å². The molecule has 1 unspecified atom stereocenters.